The van der Waals surface area contributed by atoms with E-state index in [1.165, 1.54) is 0 Å². The topological polar surface area (TPSA) is 52.9 Å². The maximum absolute atomic E-state index is 9.53. The van der Waals surface area contributed by atoms with Crippen LogP contribution in [0.3, 0.4) is 0 Å². The van der Waals surface area contributed by atoms with Gasteiger partial charge in [-0.3, -0.25) is 0 Å². The van der Waals surface area contributed by atoms with Crippen molar-refractivity contribution in [1.82, 2.24) is 4.90 Å². The van der Waals surface area contributed by atoms with Gasteiger partial charge in [-0.2, -0.15) is 0 Å². The number of rotatable bonds is 5. The van der Waals surface area contributed by atoms with Gasteiger partial charge in [0.15, 0.2) is 0 Å². The first-order valence-electron chi connectivity index (χ1n) is 6.90. The standard InChI is InChI=1S/C15H23NO3/c1-16-8-6-12(7-9-16)13(10-17)11-19-15-4-2-14(18)3-5-15/h2-5,12-13,17-18H,6-11H2,1H3. The van der Waals surface area contributed by atoms with Crippen LogP contribution in [-0.2, 0) is 0 Å². The molecular formula is C15H23NO3. The van der Waals surface area contributed by atoms with Crippen molar-refractivity contribution in [3.63, 3.8) is 0 Å². The number of piperidine rings is 1. The van der Waals surface area contributed by atoms with Crippen LogP contribution in [0.5, 0.6) is 11.5 Å². The Morgan fingerprint density at radius 1 is 1.26 bits per heavy atom. The summed E-state index contributed by atoms with van der Waals surface area (Å²) in [4.78, 5) is 2.33. The minimum Gasteiger partial charge on any atom is -0.508 e. The van der Waals surface area contributed by atoms with Crippen molar-refractivity contribution in [2.75, 3.05) is 33.4 Å². The second kappa shape index (κ2) is 6.78. The fourth-order valence-electron chi connectivity index (χ4n) is 2.58. The molecule has 0 bridgehead atoms. The second-order valence-electron chi connectivity index (χ2n) is 5.39. The molecule has 1 aromatic carbocycles. The second-order valence-corrected chi connectivity index (χ2v) is 5.39. The Morgan fingerprint density at radius 2 is 1.89 bits per heavy atom. The van der Waals surface area contributed by atoms with Crippen LogP contribution in [0, 0.1) is 11.8 Å². The van der Waals surface area contributed by atoms with Crippen LogP contribution in [0.25, 0.3) is 0 Å². The first-order valence-corrected chi connectivity index (χ1v) is 6.90. The predicted molar refractivity (Wildman–Crippen MR) is 74.4 cm³/mol. The molecule has 0 spiro atoms. The molecule has 0 radical (unpaired) electrons. The van der Waals surface area contributed by atoms with Crippen LogP contribution in [0.4, 0.5) is 0 Å². The molecule has 0 aliphatic carbocycles. The molecule has 1 unspecified atom stereocenters. The maximum atomic E-state index is 9.53. The molecule has 2 N–H and O–H groups in total. The zero-order valence-electron chi connectivity index (χ0n) is 11.5. The van der Waals surface area contributed by atoms with Crippen molar-refractivity contribution in [2.24, 2.45) is 11.8 Å². The number of hydrogen-bond donors (Lipinski definition) is 2. The van der Waals surface area contributed by atoms with Crippen molar-refractivity contribution in [1.29, 1.82) is 0 Å². The quantitative estimate of drug-likeness (QED) is 0.851. The van der Waals surface area contributed by atoms with E-state index in [2.05, 4.69) is 11.9 Å². The summed E-state index contributed by atoms with van der Waals surface area (Å²) in [6, 6.07) is 6.72. The van der Waals surface area contributed by atoms with E-state index in [0.29, 0.717) is 12.5 Å². The van der Waals surface area contributed by atoms with Gasteiger partial charge < -0.3 is 19.8 Å². The normalized spacial score (nSPS) is 19.3. The summed E-state index contributed by atoms with van der Waals surface area (Å²) in [5, 5.41) is 18.7. The molecule has 1 aliphatic heterocycles. The summed E-state index contributed by atoms with van der Waals surface area (Å²) in [5.74, 6) is 1.71. The summed E-state index contributed by atoms with van der Waals surface area (Å²) >= 11 is 0. The third-order valence-corrected chi connectivity index (χ3v) is 3.97. The SMILES string of the molecule is CN1CCC(C(CO)COc2ccc(O)cc2)CC1. The molecule has 4 nitrogen and oxygen atoms in total. The third-order valence-electron chi connectivity index (χ3n) is 3.97. The monoisotopic (exact) mass is 265 g/mol. The van der Waals surface area contributed by atoms with Gasteiger partial charge in [-0.25, -0.2) is 0 Å². The average Bonchev–Trinajstić information content (AvgIpc) is 2.43. The van der Waals surface area contributed by atoms with E-state index >= 15 is 0 Å². The highest BCUT2D eigenvalue weighted by molar-refractivity contribution is 5.30. The molecule has 2 rings (SSSR count). The van der Waals surface area contributed by atoms with E-state index < -0.39 is 0 Å². The average molecular weight is 265 g/mol. The summed E-state index contributed by atoms with van der Waals surface area (Å²) in [5.41, 5.74) is 0. The van der Waals surface area contributed by atoms with Crippen molar-refractivity contribution >= 4 is 0 Å². The first kappa shape index (κ1) is 14.2. The number of aliphatic hydroxyl groups is 1. The van der Waals surface area contributed by atoms with Crippen molar-refractivity contribution in [3.8, 4) is 11.5 Å². The van der Waals surface area contributed by atoms with Gasteiger partial charge in [0.2, 0.25) is 0 Å². The van der Waals surface area contributed by atoms with Gasteiger partial charge in [0.25, 0.3) is 0 Å². The number of aliphatic hydroxyl groups excluding tert-OH is 1. The number of phenols is 1. The van der Waals surface area contributed by atoms with Crippen molar-refractivity contribution in [3.05, 3.63) is 24.3 Å². The lowest BCUT2D eigenvalue weighted by Gasteiger charge is -2.33. The molecule has 1 fully saturated rings. The largest absolute Gasteiger partial charge is 0.508 e. The molecule has 1 atom stereocenters. The predicted octanol–water partition coefficient (Wildman–Crippen LogP) is 1.72. The number of aromatic hydroxyl groups is 1. The zero-order valence-corrected chi connectivity index (χ0v) is 11.5. The Labute approximate surface area is 114 Å². The van der Waals surface area contributed by atoms with E-state index in [1.54, 1.807) is 24.3 Å². The van der Waals surface area contributed by atoms with Crippen LogP contribution in [0.1, 0.15) is 12.8 Å². The number of phenolic OH excluding ortho intramolecular Hbond substituents is 1. The van der Waals surface area contributed by atoms with E-state index in [-0.39, 0.29) is 18.3 Å². The van der Waals surface area contributed by atoms with Gasteiger partial charge in [-0.1, -0.05) is 0 Å². The Hall–Kier alpha value is -1.26. The van der Waals surface area contributed by atoms with Crippen LogP contribution < -0.4 is 4.74 Å². The van der Waals surface area contributed by atoms with Gasteiger partial charge in [0.1, 0.15) is 11.5 Å². The minimum absolute atomic E-state index is 0.173. The number of benzene rings is 1. The minimum atomic E-state index is 0.173. The number of likely N-dealkylation sites (tertiary alicyclic amines) is 1. The molecule has 1 aromatic rings. The van der Waals surface area contributed by atoms with Crippen LogP contribution in [0.2, 0.25) is 0 Å². The molecule has 1 aliphatic rings. The number of nitrogens with zero attached hydrogens (tertiary/aromatic N) is 1. The smallest absolute Gasteiger partial charge is 0.119 e. The van der Waals surface area contributed by atoms with Gasteiger partial charge in [0, 0.05) is 12.5 Å². The van der Waals surface area contributed by atoms with Crippen LogP contribution in [-0.4, -0.2) is 48.5 Å². The zero-order chi connectivity index (χ0) is 13.7. The van der Waals surface area contributed by atoms with E-state index in [4.69, 9.17) is 4.74 Å². The molecule has 1 saturated heterocycles. The lowest BCUT2D eigenvalue weighted by molar-refractivity contribution is 0.0809. The Balaban J connectivity index is 1.83. The Morgan fingerprint density at radius 3 is 2.47 bits per heavy atom. The molecule has 4 heteroatoms. The molecule has 0 amide bonds. The molecular weight excluding hydrogens is 242 g/mol. The van der Waals surface area contributed by atoms with E-state index in [0.717, 1.165) is 31.7 Å². The Bertz CT molecular complexity index is 371. The fourth-order valence-corrected chi connectivity index (χ4v) is 2.58. The summed E-state index contributed by atoms with van der Waals surface area (Å²) in [7, 11) is 2.14. The summed E-state index contributed by atoms with van der Waals surface area (Å²) in [6.07, 6.45) is 2.25. The van der Waals surface area contributed by atoms with Crippen molar-refractivity contribution < 1.29 is 14.9 Å². The molecule has 1 heterocycles. The molecule has 0 saturated carbocycles. The lowest BCUT2D eigenvalue weighted by atomic mass is 9.85. The summed E-state index contributed by atoms with van der Waals surface area (Å²) < 4.78 is 5.71. The summed E-state index contributed by atoms with van der Waals surface area (Å²) in [6.45, 7) is 2.91. The van der Waals surface area contributed by atoms with Gasteiger partial charge in [0.05, 0.1) is 6.61 Å². The van der Waals surface area contributed by atoms with E-state index in [9.17, 15) is 10.2 Å². The fraction of sp³-hybridized carbons (Fsp3) is 0.600. The number of hydrogen-bond acceptors (Lipinski definition) is 4. The van der Waals surface area contributed by atoms with Crippen LogP contribution in [0.15, 0.2) is 24.3 Å². The highest BCUT2D eigenvalue weighted by Crippen LogP contribution is 2.25. The maximum Gasteiger partial charge on any atom is 0.119 e. The Kier molecular flexibility index (Phi) is 5.05. The third kappa shape index (κ3) is 4.11. The molecule has 0 aromatic heterocycles. The lowest BCUT2D eigenvalue weighted by Crippen LogP contribution is -2.36. The molecule has 19 heavy (non-hydrogen) atoms. The highest BCUT2D eigenvalue weighted by Gasteiger charge is 2.25. The van der Waals surface area contributed by atoms with Crippen LogP contribution >= 0.6 is 0 Å². The highest BCUT2D eigenvalue weighted by atomic mass is 16.5. The van der Waals surface area contributed by atoms with Gasteiger partial charge in [-0.05, 0) is 63.2 Å². The van der Waals surface area contributed by atoms with Gasteiger partial charge >= 0.3 is 0 Å². The van der Waals surface area contributed by atoms with E-state index in [1.807, 2.05) is 0 Å². The van der Waals surface area contributed by atoms with Crippen molar-refractivity contribution in [2.45, 2.75) is 12.8 Å². The molecule has 106 valence electrons. The first-order chi connectivity index (χ1) is 9.19. The van der Waals surface area contributed by atoms with Gasteiger partial charge in [-0.15, -0.1) is 0 Å². The number of ether oxygens (including phenoxy) is 1.